The number of hydrogen-bond acceptors (Lipinski definition) is 3. The van der Waals surface area contributed by atoms with Crippen molar-refractivity contribution in [3.8, 4) is 0 Å². The van der Waals surface area contributed by atoms with Gasteiger partial charge < -0.3 is 14.9 Å². The van der Waals surface area contributed by atoms with E-state index in [0.717, 1.165) is 16.7 Å². The maximum atomic E-state index is 12.3. The molecule has 1 aliphatic heterocycles. The lowest BCUT2D eigenvalue weighted by Crippen LogP contribution is -2.60. The average molecular weight is 327 g/mol. The molecule has 1 heterocycles. The van der Waals surface area contributed by atoms with Crippen molar-refractivity contribution in [3.05, 3.63) is 28.7 Å². The van der Waals surface area contributed by atoms with Gasteiger partial charge in [-0.2, -0.15) is 0 Å². The Bertz CT molecular complexity index is 449. The van der Waals surface area contributed by atoms with Crippen LogP contribution in [-0.4, -0.2) is 48.2 Å². The van der Waals surface area contributed by atoms with Crippen LogP contribution in [0.25, 0.3) is 0 Å². The van der Waals surface area contributed by atoms with Crippen molar-refractivity contribution in [3.63, 3.8) is 0 Å². The SMILES string of the molecule is CC1CN(c2ccc(Br)cc2)C(CCO)C(=O)N1C. The van der Waals surface area contributed by atoms with E-state index in [0.29, 0.717) is 6.42 Å². The van der Waals surface area contributed by atoms with Crippen molar-refractivity contribution in [1.29, 1.82) is 0 Å². The molecule has 1 aromatic rings. The Morgan fingerprint density at radius 1 is 1.37 bits per heavy atom. The summed E-state index contributed by atoms with van der Waals surface area (Å²) in [7, 11) is 1.83. The van der Waals surface area contributed by atoms with Crippen molar-refractivity contribution >= 4 is 27.5 Å². The first-order valence-corrected chi connectivity index (χ1v) is 7.23. The molecule has 5 heteroatoms. The zero-order valence-electron chi connectivity index (χ0n) is 11.2. The number of nitrogens with zero attached hydrogens (tertiary/aromatic N) is 2. The molecule has 1 aliphatic rings. The first-order chi connectivity index (χ1) is 9.04. The summed E-state index contributed by atoms with van der Waals surface area (Å²) in [4.78, 5) is 16.2. The predicted molar refractivity (Wildman–Crippen MR) is 79.2 cm³/mol. The molecule has 0 aliphatic carbocycles. The van der Waals surface area contributed by atoms with Crippen molar-refractivity contribution in [1.82, 2.24) is 4.90 Å². The summed E-state index contributed by atoms with van der Waals surface area (Å²) >= 11 is 3.41. The van der Waals surface area contributed by atoms with Gasteiger partial charge >= 0.3 is 0 Å². The second-order valence-electron chi connectivity index (χ2n) is 4.96. The van der Waals surface area contributed by atoms with Crippen LogP contribution in [0.5, 0.6) is 0 Å². The van der Waals surface area contributed by atoms with Gasteiger partial charge in [0.2, 0.25) is 5.91 Å². The molecule has 1 aromatic carbocycles. The van der Waals surface area contributed by atoms with Crippen molar-refractivity contribution < 1.29 is 9.90 Å². The van der Waals surface area contributed by atoms with Gasteiger partial charge in [0.05, 0.1) is 0 Å². The Kier molecular flexibility index (Phi) is 4.47. The van der Waals surface area contributed by atoms with Crippen molar-refractivity contribution in [2.45, 2.75) is 25.4 Å². The largest absolute Gasteiger partial charge is 0.396 e. The average Bonchev–Trinajstić information content (AvgIpc) is 2.40. The van der Waals surface area contributed by atoms with Gasteiger partial charge in [-0.05, 0) is 37.6 Å². The van der Waals surface area contributed by atoms with Crippen molar-refractivity contribution in [2.75, 3.05) is 25.1 Å². The maximum Gasteiger partial charge on any atom is 0.245 e. The van der Waals surface area contributed by atoms with Gasteiger partial charge in [-0.1, -0.05) is 15.9 Å². The first kappa shape index (κ1) is 14.3. The van der Waals surface area contributed by atoms with Gasteiger partial charge in [0.25, 0.3) is 0 Å². The van der Waals surface area contributed by atoms with E-state index in [-0.39, 0.29) is 24.6 Å². The maximum absolute atomic E-state index is 12.3. The van der Waals surface area contributed by atoms with E-state index in [2.05, 4.69) is 20.8 Å². The van der Waals surface area contributed by atoms with Crippen molar-refractivity contribution in [2.24, 2.45) is 0 Å². The number of amides is 1. The lowest BCUT2D eigenvalue weighted by atomic mass is 10.0. The number of benzene rings is 1. The molecule has 2 atom stereocenters. The summed E-state index contributed by atoms with van der Waals surface area (Å²) in [6.45, 7) is 2.85. The Balaban J connectivity index is 2.29. The summed E-state index contributed by atoms with van der Waals surface area (Å²) in [5.41, 5.74) is 1.02. The number of carbonyl (C=O) groups is 1. The summed E-state index contributed by atoms with van der Waals surface area (Å²) in [5, 5.41) is 9.19. The van der Waals surface area contributed by atoms with E-state index in [1.165, 1.54) is 0 Å². The molecular formula is C14H19BrN2O2. The summed E-state index contributed by atoms with van der Waals surface area (Å²) in [6.07, 6.45) is 0.464. The molecule has 0 spiro atoms. The van der Waals surface area contributed by atoms with E-state index < -0.39 is 0 Å². The van der Waals surface area contributed by atoms with Gasteiger partial charge in [-0.25, -0.2) is 0 Å². The highest BCUT2D eigenvalue weighted by Gasteiger charge is 2.36. The molecule has 0 saturated carbocycles. The van der Waals surface area contributed by atoms with Crippen LogP contribution >= 0.6 is 15.9 Å². The number of piperazine rings is 1. The molecule has 2 rings (SSSR count). The lowest BCUT2D eigenvalue weighted by Gasteiger charge is -2.44. The molecule has 104 valence electrons. The smallest absolute Gasteiger partial charge is 0.245 e. The monoisotopic (exact) mass is 326 g/mol. The van der Waals surface area contributed by atoms with Gasteiger partial charge in [0, 0.05) is 36.4 Å². The van der Waals surface area contributed by atoms with Crippen LogP contribution < -0.4 is 4.90 Å². The molecule has 1 fully saturated rings. The van der Waals surface area contributed by atoms with E-state index in [9.17, 15) is 9.90 Å². The number of anilines is 1. The first-order valence-electron chi connectivity index (χ1n) is 6.44. The molecule has 0 aromatic heterocycles. The van der Waals surface area contributed by atoms with Crippen LogP contribution in [0.3, 0.4) is 0 Å². The highest BCUT2D eigenvalue weighted by atomic mass is 79.9. The highest BCUT2D eigenvalue weighted by Crippen LogP contribution is 2.26. The van der Waals surface area contributed by atoms with E-state index in [4.69, 9.17) is 0 Å². The van der Waals surface area contributed by atoms with Gasteiger partial charge in [-0.15, -0.1) is 0 Å². The van der Waals surface area contributed by atoms with Gasteiger partial charge in [0.1, 0.15) is 6.04 Å². The molecule has 2 unspecified atom stereocenters. The standard InChI is InChI=1S/C14H19BrN2O2/c1-10-9-17(12-5-3-11(15)4-6-12)13(7-8-18)14(19)16(10)2/h3-6,10,13,18H,7-9H2,1-2H3. The quantitative estimate of drug-likeness (QED) is 0.922. The Morgan fingerprint density at radius 2 is 2.00 bits per heavy atom. The molecule has 1 amide bonds. The fraction of sp³-hybridized carbons (Fsp3) is 0.500. The number of aliphatic hydroxyl groups excluding tert-OH is 1. The number of hydrogen-bond donors (Lipinski definition) is 1. The third-order valence-electron chi connectivity index (χ3n) is 3.69. The third-order valence-corrected chi connectivity index (χ3v) is 4.22. The van der Waals surface area contributed by atoms with E-state index in [1.54, 1.807) is 4.90 Å². The van der Waals surface area contributed by atoms with Crippen LogP contribution in [0.1, 0.15) is 13.3 Å². The molecular weight excluding hydrogens is 308 g/mol. The number of carbonyl (C=O) groups excluding carboxylic acids is 1. The minimum Gasteiger partial charge on any atom is -0.396 e. The normalized spacial score (nSPS) is 23.9. The molecule has 1 N–H and O–H groups in total. The predicted octanol–water partition coefficient (Wildman–Crippen LogP) is 1.87. The number of halogens is 1. The molecule has 4 nitrogen and oxygen atoms in total. The minimum atomic E-state index is -0.271. The zero-order valence-corrected chi connectivity index (χ0v) is 12.8. The summed E-state index contributed by atoms with van der Waals surface area (Å²) in [5.74, 6) is 0.0794. The Hall–Kier alpha value is -1.07. The third kappa shape index (κ3) is 2.92. The van der Waals surface area contributed by atoms with E-state index >= 15 is 0 Å². The number of rotatable bonds is 3. The Labute approximate surface area is 122 Å². The Morgan fingerprint density at radius 3 is 2.58 bits per heavy atom. The number of likely N-dealkylation sites (N-methyl/N-ethyl adjacent to an activating group) is 1. The fourth-order valence-electron chi connectivity index (χ4n) is 2.44. The van der Waals surface area contributed by atoms with E-state index in [1.807, 2.05) is 38.2 Å². The second kappa shape index (κ2) is 5.92. The van der Waals surface area contributed by atoms with Crippen LogP contribution in [0.15, 0.2) is 28.7 Å². The topological polar surface area (TPSA) is 43.8 Å². The van der Waals surface area contributed by atoms with Crippen LogP contribution in [0, 0.1) is 0 Å². The van der Waals surface area contributed by atoms with Gasteiger partial charge in [0.15, 0.2) is 0 Å². The highest BCUT2D eigenvalue weighted by molar-refractivity contribution is 9.10. The molecule has 0 radical (unpaired) electrons. The van der Waals surface area contributed by atoms with Gasteiger partial charge in [-0.3, -0.25) is 4.79 Å². The second-order valence-corrected chi connectivity index (χ2v) is 5.87. The lowest BCUT2D eigenvalue weighted by molar-refractivity contribution is -0.135. The minimum absolute atomic E-state index is 0.0195. The molecule has 1 saturated heterocycles. The zero-order chi connectivity index (χ0) is 14.0. The molecule has 0 bridgehead atoms. The summed E-state index contributed by atoms with van der Waals surface area (Å²) in [6, 6.07) is 7.84. The fourth-order valence-corrected chi connectivity index (χ4v) is 2.70. The van der Waals surface area contributed by atoms with Crippen LogP contribution in [0.2, 0.25) is 0 Å². The van der Waals surface area contributed by atoms with Crippen LogP contribution in [-0.2, 0) is 4.79 Å². The van der Waals surface area contributed by atoms with Crippen LogP contribution in [0.4, 0.5) is 5.69 Å². The number of aliphatic hydroxyl groups is 1. The molecule has 19 heavy (non-hydrogen) atoms. The summed E-state index contributed by atoms with van der Waals surface area (Å²) < 4.78 is 1.02.